The Morgan fingerprint density at radius 3 is 1.55 bits per heavy atom. The predicted octanol–water partition coefficient (Wildman–Crippen LogP) is 7.93. The van der Waals surface area contributed by atoms with Crippen LogP contribution in [0.3, 0.4) is 0 Å². The summed E-state index contributed by atoms with van der Waals surface area (Å²) in [6.07, 6.45) is 22.7. The van der Waals surface area contributed by atoms with E-state index in [1.165, 1.54) is 108 Å². The lowest BCUT2D eigenvalue weighted by Crippen LogP contribution is -1.99. The van der Waals surface area contributed by atoms with Crippen LogP contribution < -0.4 is 0 Å². The Morgan fingerprint density at radius 2 is 1.18 bits per heavy atom. The first-order valence-corrected chi connectivity index (χ1v) is 10.9. The molecule has 2 unspecified atom stereocenters. The van der Waals surface area contributed by atoms with E-state index in [-0.39, 0.29) is 0 Å². The molecule has 0 radical (unpaired) electrons. The molecule has 0 aromatic rings. The van der Waals surface area contributed by atoms with Crippen LogP contribution in [0.15, 0.2) is 12.2 Å². The molecule has 0 nitrogen and oxygen atoms in total. The van der Waals surface area contributed by atoms with Gasteiger partial charge in [0.1, 0.15) is 0 Å². The third kappa shape index (κ3) is 16.5. The quantitative estimate of drug-likeness (QED) is 0.145. The average molecular weight is 327 g/mol. The van der Waals surface area contributed by atoms with Crippen LogP contribution >= 0.6 is 9.24 Å². The Balaban J connectivity index is 3.07. The van der Waals surface area contributed by atoms with E-state index in [2.05, 4.69) is 29.7 Å². The molecular weight excluding hydrogens is 283 g/mol. The molecule has 0 aromatic heterocycles. The van der Waals surface area contributed by atoms with Gasteiger partial charge in [-0.25, -0.2) is 0 Å². The summed E-state index contributed by atoms with van der Waals surface area (Å²) in [5.74, 6) is 0.959. The molecule has 0 bridgehead atoms. The van der Waals surface area contributed by atoms with Gasteiger partial charge in [-0.2, -0.15) is 0 Å². The van der Waals surface area contributed by atoms with Gasteiger partial charge in [0.15, 0.2) is 0 Å². The van der Waals surface area contributed by atoms with E-state index in [0.29, 0.717) is 0 Å². The molecule has 0 aliphatic rings. The van der Waals surface area contributed by atoms with Gasteiger partial charge in [0, 0.05) is 0 Å². The molecule has 0 N–H and O–H groups in total. The van der Waals surface area contributed by atoms with Gasteiger partial charge in [0.2, 0.25) is 0 Å². The number of unbranched alkanes of at least 4 members (excludes halogenated alkanes) is 11. The molecular formula is C21H43P. The van der Waals surface area contributed by atoms with Gasteiger partial charge in [0.05, 0.1) is 0 Å². The fraction of sp³-hybridized carbons (Fsp3) is 0.905. The topological polar surface area (TPSA) is 0 Å². The van der Waals surface area contributed by atoms with Gasteiger partial charge in [-0.15, -0.1) is 15.8 Å². The van der Waals surface area contributed by atoms with Crippen molar-refractivity contribution in [2.24, 2.45) is 5.92 Å². The Bertz CT molecular complexity index is 230. The minimum atomic E-state index is 0.959. The highest BCUT2D eigenvalue weighted by Gasteiger charge is 2.02. The molecule has 2 atom stereocenters. The summed E-state index contributed by atoms with van der Waals surface area (Å²) >= 11 is 0. The van der Waals surface area contributed by atoms with Crippen molar-refractivity contribution in [2.45, 2.75) is 110 Å². The van der Waals surface area contributed by atoms with Crippen molar-refractivity contribution >= 4 is 9.24 Å². The third-order valence-electron chi connectivity index (χ3n) is 4.88. The highest BCUT2D eigenvalue weighted by Crippen LogP contribution is 2.17. The van der Waals surface area contributed by atoms with Crippen molar-refractivity contribution in [3.05, 3.63) is 12.2 Å². The first kappa shape index (κ1) is 22.2. The van der Waals surface area contributed by atoms with Crippen molar-refractivity contribution in [2.75, 3.05) is 6.16 Å². The highest BCUT2D eigenvalue weighted by molar-refractivity contribution is 7.16. The van der Waals surface area contributed by atoms with Crippen LogP contribution in [-0.4, -0.2) is 6.16 Å². The fourth-order valence-corrected chi connectivity index (χ4v) is 3.69. The Hall–Kier alpha value is 0.170. The second kappa shape index (κ2) is 17.5. The lowest BCUT2D eigenvalue weighted by atomic mass is 9.99. The van der Waals surface area contributed by atoms with E-state index in [1.54, 1.807) is 0 Å². The summed E-state index contributed by atoms with van der Waals surface area (Å²) in [5.41, 5.74) is 1.35. The van der Waals surface area contributed by atoms with Crippen LogP contribution in [0, 0.1) is 5.92 Å². The van der Waals surface area contributed by atoms with E-state index in [9.17, 15) is 0 Å². The smallest absolute Gasteiger partial charge is 0.0326 e. The van der Waals surface area contributed by atoms with E-state index < -0.39 is 0 Å². The Kier molecular flexibility index (Phi) is 17.7. The lowest BCUT2D eigenvalue weighted by molar-refractivity contribution is 0.474. The van der Waals surface area contributed by atoms with E-state index in [1.807, 2.05) is 0 Å². The second-order valence-electron chi connectivity index (χ2n) is 7.25. The van der Waals surface area contributed by atoms with E-state index >= 15 is 0 Å². The van der Waals surface area contributed by atoms with Gasteiger partial charge in [-0.05, 0) is 31.8 Å². The van der Waals surface area contributed by atoms with E-state index in [4.69, 9.17) is 0 Å². The van der Waals surface area contributed by atoms with E-state index in [0.717, 1.165) is 5.92 Å². The van der Waals surface area contributed by atoms with Crippen molar-refractivity contribution in [3.8, 4) is 0 Å². The van der Waals surface area contributed by atoms with Crippen LogP contribution in [0.5, 0.6) is 0 Å². The van der Waals surface area contributed by atoms with Gasteiger partial charge in [-0.1, -0.05) is 96.0 Å². The van der Waals surface area contributed by atoms with Crippen LogP contribution in [-0.2, 0) is 0 Å². The molecule has 0 aliphatic heterocycles. The number of hydrogen-bond acceptors (Lipinski definition) is 0. The van der Waals surface area contributed by atoms with Crippen LogP contribution in [0.25, 0.3) is 0 Å². The monoisotopic (exact) mass is 326 g/mol. The van der Waals surface area contributed by atoms with Crippen molar-refractivity contribution in [1.29, 1.82) is 0 Å². The molecule has 132 valence electrons. The molecule has 0 saturated heterocycles. The maximum absolute atomic E-state index is 3.97. The normalized spacial score (nSPS) is 12.5. The first-order chi connectivity index (χ1) is 10.7. The van der Waals surface area contributed by atoms with Gasteiger partial charge < -0.3 is 0 Å². The maximum Gasteiger partial charge on any atom is -0.0326 e. The minimum absolute atomic E-state index is 0.959. The summed E-state index contributed by atoms with van der Waals surface area (Å²) in [4.78, 5) is 0. The summed E-state index contributed by atoms with van der Waals surface area (Å²) in [7, 11) is 2.91. The Morgan fingerprint density at radius 1 is 0.773 bits per heavy atom. The van der Waals surface area contributed by atoms with Crippen LogP contribution in [0.2, 0.25) is 0 Å². The molecule has 0 fully saturated rings. The van der Waals surface area contributed by atoms with Crippen molar-refractivity contribution in [3.63, 3.8) is 0 Å². The highest BCUT2D eigenvalue weighted by atomic mass is 31.0. The number of hydrogen-bond donors (Lipinski definition) is 0. The molecule has 0 rings (SSSR count). The standard InChI is InChI=1S/C21H43P/c1-4-21(19-22)18-16-14-12-10-8-6-5-7-9-11-13-15-17-20(2)3/h21H,2,4-19,22H2,1,3H3. The summed E-state index contributed by atoms with van der Waals surface area (Å²) < 4.78 is 0. The Labute approximate surface area is 144 Å². The first-order valence-electron chi connectivity index (χ1n) is 10.0. The van der Waals surface area contributed by atoms with Crippen LogP contribution in [0.4, 0.5) is 0 Å². The minimum Gasteiger partial charge on any atom is -0.137 e. The molecule has 0 aromatic carbocycles. The molecule has 0 heterocycles. The number of allylic oxidation sites excluding steroid dienone is 1. The van der Waals surface area contributed by atoms with Gasteiger partial charge in [-0.3, -0.25) is 0 Å². The third-order valence-corrected chi connectivity index (χ3v) is 5.54. The predicted molar refractivity (Wildman–Crippen MR) is 108 cm³/mol. The fourth-order valence-electron chi connectivity index (χ4n) is 3.12. The summed E-state index contributed by atoms with van der Waals surface area (Å²) in [6.45, 7) is 8.44. The molecule has 0 amide bonds. The van der Waals surface area contributed by atoms with Crippen LogP contribution in [0.1, 0.15) is 110 Å². The zero-order chi connectivity index (χ0) is 16.5. The zero-order valence-electron chi connectivity index (χ0n) is 15.7. The van der Waals surface area contributed by atoms with Gasteiger partial charge >= 0.3 is 0 Å². The molecule has 0 aliphatic carbocycles. The largest absolute Gasteiger partial charge is 0.137 e. The molecule has 22 heavy (non-hydrogen) atoms. The SMILES string of the molecule is C=C(C)CCCCCCCCCCCCCCC(CC)CP. The van der Waals surface area contributed by atoms with Crippen molar-refractivity contribution < 1.29 is 0 Å². The molecule has 0 saturated carbocycles. The molecule has 1 heteroatoms. The second-order valence-corrected chi connectivity index (χ2v) is 7.72. The maximum atomic E-state index is 3.97. The average Bonchev–Trinajstić information content (AvgIpc) is 2.51. The summed E-state index contributed by atoms with van der Waals surface area (Å²) in [6, 6.07) is 0. The van der Waals surface area contributed by atoms with Crippen molar-refractivity contribution in [1.82, 2.24) is 0 Å². The molecule has 0 spiro atoms. The zero-order valence-corrected chi connectivity index (χ0v) is 16.8. The number of rotatable bonds is 17. The summed E-state index contributed by atoms with van der Waals surface area (Å²) in [5, 5.41) is 0. The lowest BCUT2D eigenvalue weighted by Gasteiger charge is -2.11. The van der Waals surface area contributed by atoms with Gasteiger partial charge in [0.25, 0.3) is 0 Å².